The summed E-state index contributed by atoms with van der Waals surface area (Å²) in [5, 5.41) is 1.02. The maximum absolute atomic E-state index is 12.6. The predicted octanol–water partition coefficient (Wildman–Crippen LogP) is 4.85. The minimum Gasteiger partial charge on any atom is -0.338 e. The highest BCUT2D eigenvalue weighted by molar-refractivity contribution is 9.11. The van der Waals surface area contributed by atoms with Crippen molar-refractivity contribution in [3.05, 3.63) is 32.7 Å². The molecular formula is C14H16Br3NO. The molecule has 0 aromatic heterocycles. The zero-order chi connectivity index (χ0) is 13.8. The van der Waals surface area contributed by atoms with Gasteiger partial charge in [0.15, 0.2) is 0 Å². The Bertz CT molecular complexity index is 462. The van der Waals surface area contributed by atoms with Crippen molar-refractivity contribution < 1.29 is 4.79 Å². The van der Waals surface area contributed by atoms with E-state index in [9.17, 15) is 4.79 Å². The van der Waals surface area contributed by atoms with Gasteiger partial charge in [-0.25, -0.2) is 0 Å². The van der Waals surface area contributed by atoms with Crippen LogP contribution in [0.5, 0.6) is 0 Å². The van der Waals surface area contributed by atoms with Crippen LogP contribution < -0.4 is 0 Å². The van der Waals surface area contributed by atoms with Crippen LogP contribution in [-0.4, -0.2) is 29.2 Å². The van der Waals surface area contributed by atoms with E-state index in [0.29, 0.717) is 5.92 Å². The number of likely N-dealkylation sites (tertiary alicyclic amines) is 1. The second-order valence-corrected chi connectivity index (χ2v) is 7.42. The van der Waals surface area contributed by atoms with E-state index in [-0.39, 0.29) is 5.91 Å². The normalized spacial score (nSPS) is 19.5. The largest absolute Gasteiger partial charge is 0.338 e. The summed E-state index contributed by atoms with van der Waals surface area (Å²) in [6.07, 6.45) is 3.49. The summed E-state index contributed by atoms with van der Waals surface area (Å²) in [5.41, 5.74) is 0.752. The number of carbonyl (C=O) groups excluding carboxylic acids is 1. The van der Waals surface area contributed by atoms with Gasteiger partial charge in [0.05, 0.1) is 5.56 Å². The van der Waals surface area contributed by atoms with E-state index in [0.717, 1.165) is 45.8 Å². The molecule has 1 amide bonds. The zero-order valence-electron chi connectivity index (χ0n) is 10.5. The molecule has 0 saturated carbocycles. The first-order valence-corrected chi connectivity index (χ1v) is 9.13. The van der Waals surface area contributed by atoms with Crippen molar-refractivity contribution in [2.24, 2.45) is 5.92 Å². The zero-order valence-corrected chi connectivity index (χ0v) is 15.3. The molecule has 0 spiro atoms. The molecule has 1 aliphatic heterocycles. The molecule has 19 heavy (non-hydrogen) atoms. The summed E-state index contributed by atoms with van der Waals surface area (Å²) >= 11 is 10.4. The lowest BCUT2D eigenvalue weighted by molar-refractivity contribution is 0.0671. The van der Waals surface area contributed by atoms with Crippen LogP contribution >= 0.6 is 47.8 Å². The SMILES string of the molecule is O=C(c1ccc(Br)cc1Br)N1CCCC(CCBr)C1. The number of piperidine rings is 1. The van der Waals surface area contributed by atoms with Crippen LogP contribution in [0.25, 0.3) is 0 Å². The van der Waals surface area contributed by atoms with E-state index >= 15 is 0 Å². The van der Waals surface area contributed by atoms with Gasteiger partial charge in [0.2, 0.25) is 0 Å². The molecule has 1 saturated heterocycles. The number of rotatable bonds is 3. The molecular weight excluding hydrogens is 438 g/mol. The van der Waals surface area contributed by atoms with E-state index in [1.807, 2.05) is 23.1 Å². The van der Waals surface area contributed by atoms with Crippen molar-refractivity contribution in [2.45, 2.75) is 19.3 Å². The van der Waals surface area contributed by atoms with Gasteiger partial charge in [-0.3, -0.25) is 4.79 Å². The van der Waals surface area contributed by atoms with Crippen LogP contribution in [0, 0.1) is 5.92 Å². The van der Waals surface area contributed by atoms with Gasteiger partial charge < -0.3 is 4.90 Å². The highest BCUT2D eigenvalue weighted by Gasteiger charge is 2.25. The highest BCUT2D eigenvalue weighted by atomic mass is 79.9. The Hall–Kier alpha value is 0.130. The van der Waals surface area contributed by atoms with Gasteiger partial charge >= 0.3 is 0 Å². The topological polar surface area (TPSA) is 20.3 Å². The van der Waals surface area contributed by atoms with Crippen LogP contribution in [0.1, 0.15) is 29.6 Å². The fourth-order valence-corrected chi connectivity index (χ4v) is 4.34. The van der Waals surface area contributed by atoms with E-state index < -0.39 is 0 Å². The summed E-state index contributed by atoms with van der Waals surface area (Å²) in [6.45, 7) is 1.76. The molecule has 2 nitrogen and oxygen atoms in total. The maximum Gasteiger partial charge on any atom is 0.255 e. The molecule has 1 heterocycles. The number of amides is 1. The number of benzene rings is 1. The summed E-state index contributed by atoms with van der Waals surface area (Å²) in [7, 11) is 0. The molecule has 2 rings (SSSR count). The molecule has 1 aromatic rings. The van der Waals surface area contributed by atoms with Gasteiger partial charge in [-0.15, -0.1) is 0 Å². The Balaban J connectivity index is 2.10. The number of hydrogen-bond donors (Lipinski definition) is 0. The molecule has 0 radical (unpaired) electrons. The molecule has 0 N–H and O–H groups in total. The Kier molecular flexibility index (Phi) is 5.90. The van der Waals surface area contributed by atoms with Gasteiger partial charge in [-0.1, -0.05) is 31.9 Å². The Morgan fingerprint density at radius 1 is 1.37 bits per heavy atom. The van der Waals surface area contributed by atoms with Crippen LogP contribution in [-0.2, 0) is 0 Å². The lowest BCUT2D eigenvalue weighted by Gasteiger charge is -2.32. The summed E-state index contributed by atoms with van der Waals surface area (Å²) in [4.78, 5) is 14.5. The average Bonchev–Trinajstić information content (AvgIpc) is 2.39. The minimum absolute atomic E-state index is 0.138. The number of halogens is 3. The lowest BCUT2D eigenvalue weighted by atomic mass is 9.95. The fraction of sp³-hybridized carbons (Fsp3) is 0.500. The third-order valence-electron chi connectivity index (χ3n) is 3.49. The summed E-state index contributed by atoms with van der Waals surface area (Å²) < 4.78 is 1.83. The maximum atomic E-state index is 12.6. The molecule has 1 unspecified atom stereocenters. The highest BCUT2D eigenvalue weighted by Crippen LogP contribution is 2.26. The number of carbonyl (C=O) groups is 1. The second-order valence-electron chi connectivity index (χ2n) is 4.86. The van der Waals surface area contributed by atoms with Gasteiger partial charge in [-0.2, -0.15) is 0 Å². The van der Waals surface area contributed by atoms with Crippen molar-refractivity contribution in [1.29, 1.82) is 0 Å². The summed E-state index contributed by atoms with van der Waals surface area (Å²) in [6, 6.07) is 5.72. The molecule has 1 aromatic carbocycles. The van der Waals surface area contributed by atoms with Crippen LogP contribution in [0.2, 0.25) is 0 Å². The third kappa shape index (κ3) is 4.05. The van der Waals surface area contributed by atoms with E-state index in [1.165, 1.54) is 6.42 Å². The molecule has 1 fully saturated rings. The molecule has 104 valence electrons. The molecule has 0 aliphatic carbocycles. The number of hydrogen-bond acceptors (Lipinski definition) is 1. The molecule has 1 atom stereocenters. The monoisotopic (exact) mass is 451 g/mol. The van der Waals surface area contributed by atoms with Gasteiger partial charge in [-0.05, 0) is 59.3 Å². The number of nitrogens with zero attached hydrogens (tertiary/aromatic N) is 1. The van der Waals surface area contributed by atoms with Gasteiger partial charge in [0.1, 0.15) is 0 Å². The average molecular weight is 454 g/mol. The minimum atomic E-state index is 0.138. The molecule has 0 bridgehead atoms. The molecule has 5 heteroatoms. The van der Waals surface area contributed by atoms with Crippen LogP contribution in [0.15, 0.2) is 27.1 Å². The van der Waals surface area contributed by atoms with Crippen molar-refractivity contribution >= 4 is 53.7 Å². The quantitative estimate of drug-likeness (QED) is 0.599. The van der Waals surface area contributed by atoms with Crippen molar-refractivity contribution in [3.63, 3.8) is 0 Å². The number of alkyl halides is 1. The summed E-state index contributed by atoms with van der Waals surface area (Å²) in [5.74, 6) is 0.768. The standard InChI is InChI=1S/C14H16Br3NO/c15-6-5-10-2-1-7-18(9-10)14(19)12-4-3-11(16)8-13(12)17/h3-4,8,10H,1-2,5-7,9H2. The van der Waals surface area contributed by atoms with Crippen LogP contribution in [0.4, 0.5) is 0 Å². The predicted molar refractivity (Wildman–Crippen MR) is 88.9 cm³/mol. The van der Waals surface area contributed by atoms with Gasteiger partial charge in [0.25, 0.3) is 5.91 Å². The van der Waals surface area contributed by atoms with E-state index in [1.54, 1.807) is 0 Å². The lowest BCUT2D eigenvalue weighted by Crippen LogP contribution is -2.40. The van der Waals surface area contributed by atoms with Crippen molar-refractivity contribution in [2.75, 3.05) is 18.4 Å². The Morgan fingerprint density at radius 2 is 2.16 bits per heavy atom. The Morgan fingerprint density at radius 3 is 2.84 bits per heavy atom. The first-order chi connectivity index (χ1) is 9.11. The first-order valence-electron chi connectivity index (χ1n) is 6.42. The van der Waals surface area contributed by atoms with Crippen LogP contribution in [0.3, 0.4) is 0 Å². The smallest absolute Gasteiger partial charge is 0.255 e. The van der Waals surface area contributed by atoms with E-state index in [2.05, 4.69) is 47.8 Å². The second kappa shape index (κ2) is 7.23. The van der Waals surface area contributed by atoms with E-state index in [4.69, 9.17) is 0 Å². The molecule has 1 aliphatic rings. The Labute approximate surface area is 139 Å². The van der Waals surface area contributed by atoms with Crippen molar-refractivity contribution in [3.8, 4) is 0 Å². The first kappa shape index (κ1) is 15.5. The fourth-order valence-electron chi connectivity index (χ4n) is 2.47. The van der Waals surface area contributed by atoms with Crippen molar-refractivity contribution in [1.82, 2.24) is 4.90 Å². The third-order valence-corrected chi connectivity index (χ3v) is 5.09. The van der Waals surface area contributed by atoms with Gasteiger partial charge in [0, 0.05) is 27.4 Å².